The van der Waals surface area contributed by atoms with Crippen molar-refractivity contribution in [3.8, 4) is 11.3 Å². The van der Waals surface area contributed by atoms with Crippen molar-refractivity contribution in [1.29, 1.82) is 0 Å². The Labute approximate surface area is 175 Å². The smallest absolute Gasteiger partial charge is 0.338 e. The lowest BCUT2D eigenvalue weighted by Crippen LogP contribution is -2.55. The number of urea groups is 1. The van der Waals surface area contributed by atoms with Gasteiger partial charge >= 0.3 is 6.03 Å². The summed E-state index contributed by atoms with van der Waals surface area (Å²) < 4.78 is 5.66. The van der Waals surface area contributed by atoms with E-state index in [-0.39, 0.29) is 28.3 Å². The minimum Gasteiger partial charge on any atom is -0.456 e. The maximum atomic E-state index is 13.0. The van der Waals surface area contributed by atoms with Crippen LogP contribution in [0.5, 0.6) is 0 Å². The highest BCUT2D eigenvalue weighted by Crippen LogP contribution is 2.32. The summed E-state index contributed by atoms with van der Waals surface area (Å²) in [5.41, 5.74) is 0.176. The minimum absolute atomic E-state index is 0.138. The van der Waals surface area contributed by atoms with Crippen LogP contribution in [0.25, 0.3) is 17.4 Å². The van der Waals surface area contributed by atoms with Crippen LogP contribution >= 0.6 is 0 Å². The van der Waals surface area contributed by atoms with Crippen LogP contribution in [0.2, 0.25) is 0 Å². The van der Waals surface area contributed by atoms with Gasteiger partial charge in [-0.3, -0.25) is 24.6 Å². The van der Waals surface area contributed by atoms with E-state index >= 15 is 0 Å². The second kappa shape index (κ2) is 7.71. The Morgan fingerprint density at radius 1 is 0.903 bits per heavy atom. The second-order valence-corrected chi connectivity index (χ2v) is 6.66. The van der Waals surface area contributed by atoms with Crippen molar-refractivity contribution in [2.24, 2.45) is 0 Å². The number of amides is 4. The van der Waals surface area contributed by atoms with Gasteiger partial charge in [0.05, 0.1) is 16.2 Å². The molecule has 1 aliphatic rings. The van der Waals surface area contributed by atoms with E-state index in [0.29, 0.717) is 5.69 Å². The molecule has 0 N–H and O–H groups in total. The first-order valence-electron chi connectivity index (χ1n) is 9.15. The number of anilines is 1. The normalized spacial score (nSPS) is 15.6. The molecule has 2 heterocycles. The minimum atomic E-state index is -0.789. The molecule has 9 heteroatoms. The highest BCUT2D eigenvalue weighted by molar-refractivity contribution is 6.38. The summed E-state index contributed by atoms with van der Waals surface area (Å²) in [6.07, 6.45) is 1.22. The molecule has 1 saturated heterocycles. The number of nitro benzene ring substituents is 1. The molecule has 1 fully saturated rings. The summed E-state index contributed by atoms with van der Waals surface area (Å²) >= 11 is 0. The molecule has 1 aromatic heterocycles. The molecule has 0 saturated carbocycles. The van der Waals surface area contributed by atoms with E-state index in [1.165, 1.54) is 43.5 Å². The zero-order valence-electron chi connectivity index (χ0n) is 16.2. The van der Waals surface area contributed by atoms with E-state index in [9.17, 15) is 24.5 Å². The van der Waals surface area contributed by atoms with E-state index in [1.807, 2.05) is 0 Å². The Kier molecular flexibility index (Phi) is 4.92. The van der Waals surface area contributed by atoms with Crippen LogP contribution in [0.4, 0.5) is 16.2 Å². The highest BCUT2D eigenvalue weighted by Gasteiger charge is 2.41. The number of para-hydroxylation sites is 2. The van der Waals surface area contributed by atoms with E-state index in [1.54, 1.807) is 36.4 Å². The molecule has 0 aliphatic carbocycles. The van der Waals surface area contributed by atoms with Gasteiger partial charge in [0.25, 0.3) is 17.5 Å². The summed E-state index contributed by atoms with van der Waals surface area (Å²) in [6.45, 7) is 0. The molecular formula is C22H15N3O6. The monoisotopic (exact) mass is 417 g/mol. The third kappa shape index (κ3) is 3.48. The molecular weight excluding hydrogens is 402 g/mol. The summed E-state index contributed by atoms with van der Waals surface area (Å²) in [5.74, 6) is -1.21. The fourth-order valence-corrected chi connectivity index (χ4v) is 3.20. The van der Waals surface area contributed by atoms with Gasteiger partial charge in [-0.15, -0.1) is 0 Å². The van der Waals surface area contributed by atoms with Crippen molar-refractivity contribution < 1.29 is 23.7 Å². The van der Waals surface area contributed by atoms with Crippen molar-refractivity contribution in [3.05, 3.63) is 88.2 Å². The van der Waals surface area contributed by atoms with E-state index in [4.69, 9.17) is 4.42 Å². The molecule has 0 radical (unpaired) electrons. The van der Waals surface area contributed by atoms with Gasteiger partial charge in [-0.2, -0.15) is 0 Å². The number of furan rings is 1. The molecule has 3 aromatic rings. The van der Waals surface area contributed by atoms with Crippen LogP contribution in [0.3, 0.4) is 0 Å². The van der Waals surface area contributed by atoms with Gasteiger partial charge in [-0.25, -0.2) is 9.69 Å². The topological polar surface area (TPSA) is 114 Å². The van der Waals surface area contributed by atoms with Crippen molar-refractivity contribution in [2.75, 3.05) is 11.9 Å². The van der Waals surface area contributed by atoms with Crippen molar-refractivity contribution in [2.45, 2.75) is 0 Å². The molecule has 1 aliphatic heterocycles. The number of imide groups is 2. The van der Waals surface area contributed by atoms with Gasteiger partial charge in [0.2, 0.25) is 0 Å². The van der Waals surface area contributed by atoms with Crippen LogP contribution in [0, 0.1) is 10.1 Å². The van der Waals surface area contributed by atoms with Crippen molar-refractivity contribution in [1.82, 2.24) is 4.90 Å². The molecule has 31 heavy (non-hydrogen) atoms. The summed E-state index contributed by atoms with van der Waals surface area (Å²) in [5, 5.41) is 11.3. The predicted molar refractivity (Wildman–Crippen MR) is 111 cm³/mol. The van der Waals surface area contributed by atoms with Crippen LogP contribution < -0.4 is 4.90 Å². The van der Waals surface area contributed by atoms with Crippen molar-refractivity contribution >= 4 is 35.3 Å². The number of carbonyl (C=O) groups excluding carboxylic acids is 3. The predicted octanol–water partition coefficient (Wildman–Crippen LogP) is 3.86. The number of barbiturate groups is 1. The Morgan fingerprint density at radius 3 is 2.29 bits per heavy atom. The van der Waals surface area contributed by atoms with Crippen LogP contribution in [0.1, 0.15) is 5.76 Å². The Morgan fingerprint density at radius 2 is 1.58 bits per heavy atom. The number of benzene rings is 2. The Bertz CT molecular complexity index is 1240. The summed E-state index contributed by atoms with van der Waals surface area (Å²) in [7, 11) is 1.28. The molecule has 2 aromatic carbocycles. The molecule has 4 rings (SSSR count). The Balaban J connectivity index is 1.73. The first kappa shape index (κ1) is 19.8. The Hall–Kier alpha value is -4.53. The third-order valence-electron chi connectivity index (χ3n) is 4.74. The average Bonchev–Trinajstić information content (AvgIpc) is 3.25. The standard InChI is InChI=1S/C22H15N3O6/c1-23-20(26)17(21(27)24(22(23)28)14-7-3-2-4-8-14)13-15-11-12-19(31-15)16-9-5-6-10-18(16)25(29)30/h2-13H,1H3/b17-13-. The quantitative estimate of drug-likeness (QED) is 0.276. The first-order chi connectivity index (χ1) is 14.9. The number of hydrogen-bond acceptors (Lipinski definition) is 6. The molecule has 0 bridgehead atoms. The van der Waals surface area contributed by atoms with Crippen LogP contribution in [0.15, 0.2) is 76.7 Å². The van der Waals surface area contributed by atoms with E-state index < -0.39 is 22.8 Å². The molecule has 154 valence electrons. The largest absolute Gasteiger partial charge is 0.456 e. The number of likely N-dealkylation sites (N-methyl/N-ethyl adjacent to an activating group) is 1. The number of nitro groups is 1. The number of carbonyl (C=O) groups is 3. The average molecular weight is 417 g/mol. The van der Waals surface area contributed by atoms with Crippen LogP contribution in [-0.4, -0.2) is 34.7 Å². The fourth-order valence-electron chi connectivity index (χ4n) is 3.20. The highest BCUT2D eigenvalue weighted by atomic mass is 16.6. The zero-order chi connectivity index (χ0) is 22.1. The lowest BCUT2D eigenvalue weighted by atomic mass is 10.1. The summed E-state index contributed by atoms with van der Waals surface area (Å²) in [4.78, 5) is 50.6. The maximum absolute atomic E-state index is 13.0. The molecule has 9 nitrogen and oxygen atoms in total. The van der Waals surface area contributed by atoms with Crippen molar-refractivity contribution in [3.63, 3.8) is 0 Å². The molecule has 0 atom stereocenters. The van der Waals surface area contributed by atoms with Gasteiger partial charge in [0.1, 0.15) is 17.1 Å². The first-order valence-corrected chi connectivity index (χ1v) is 9.15. The van der Waals surface area contributed by atoms with Gasteiger partial charge in [-0.05, 0) is 36.4 Å². The number of hydrogen-bond donors (Lipinski definition) is 0. The van der Waals surface area contributed by atoms with Gasteiger partial charge in [0.15, 0.2) is 0 Å². The van der Waals surface area contributed by atoms with Gasteiger partial charge < -0.3 is 4.42 Å². The maximum Gasteiger partial charge on any atom is 0.338 e. The molecule has 0 unspecified atom stereocenters. The SMILES string of the molecule is CN1C(=O)/C(=C/c2ccc(-c3ccccc3[N+](=O)[O-])o2)C(=O)N(c2ccccc2)C1=O. The fraction of sp³-hybridized carbons (Fsp3) is 0.0455. The van der Waals surface area contributed by atoms with E-state index in [0.717, 1.165) is 9.80 Å². The molecule has 4 amide bonds. The number of nitrogens with zero attached hydrogens (tertiary/aromatic N) is 3. The number of rotatable bonds is 4. The zero-order valence-corrected chi connectivity index (χ0v) is 16.2. The van der Waals surface area contributed by atoms with Gasteiger partial charge in [0, 0.05) is 13.1 Å². The lowest BCUT2D eigenvalue weighted by Gasteiger charge is -2.31. The third-order valence-corrected chi connectivity index (χ3v) is 4.74. The second-order valence-electron chi connectivity index (χ2n) is 6.66. The summed E-state index contributed by atoms with van der Waals surface area (Å²) in [6, 6.07) is 16.5. The van der Waals surface area contributed by atoms with E-state index in [2.05, 4.69) is 0 Å². The van der Waals surface area contributed by atoms with Gasteiger partial charge in [-0.1, -0.05) is 30.3 Å². The van der Waals surface area contributed by atoms with Crippen LogP contribution in [-0.2, 0) is 9.59 Å². The molecule has 0 spiro atoms. The lowest BCUT2D eigenvalue weighted by molar-refractivity contribution is -0.384.